The molecule has 0 bridgehead atoms. The van der Waals surface area contributed by atoms with E-state index in [4.69, 9.17) is 5.73 Å². The number of benzene rings is 1. The molecule has 7 heteroatoms. The summed E-state index contributed by atoms with van der Waals surface area (Å²) in [6.45, 7) is 0. The van der Waals surface area contributed by atoms with E-state index in [-0.39, 0.29) is 10.6 Å². The van der Waals surface area contributed by atoms with Crippen molar-refractivity contribution in [2.75, 3.05) is 16.7 Å². The number of aromatic nitrogens is 1. The lowest BCUT2D eigenvalue weighted by Crippen LogP contribution is -2.15. The number of rotatable bonds is 4. The summed E-state index contributed by atoms with van der Waals surface area (Å²) >= 11 is 1.59. The lowest BCUT2D eigenvalue weighted by Gasteiger charge is -2.09. The van der Waals surface area contributed by atoms with Gasteiger partial charge in [0, 0.05) is 23.0 Å². The van der Waals surface area contributed by atoms with Gasteiger partial charge in [-0.3, -0.25) is 9.71 Å². The van der Waals surface area contributed by atoms with Crippen LogP contribution in [0.1, 0.15) is 0 Å². The molecular weight excluding hydrogens is 282 g/mol. The van der Waals surface area contributed by atoms with Gasteiger partial charge in [0.05, 0.1) is 5.69 Å². The molecule has 100 valence electrons. The van der Waals surface area contributed by atoms with Crippen LogP contribution in [0.3, 0.4) is 0 Å². The Hall–Kier alpha value is -1.73. The van der Waals surface area contributed by atoms with Crippen molar-refractivity contribution in [2.45, 2.75) is 9.79 Å². The normalized spacial score (nSPS) is 11.2. The third kappa shape index (κ3) is 3.18. The minimum atomic E-state index is -3.71. The highest BCUT2D eigenvalue weighted by Crippen LogP contribution is 2.22. The number of hydrogen-bond acceptors (Lipinski definition) is 5. The standard InChI is InChI=1S/C12H13N3O2S2/c1-18-10-4-2-9(3-5-10)15-19(16,17)12-8-14-7-6-11(12)13/h2-8,15H,1H3,(H2,13,14). The molecule has 1 heterocycles. The van der Waals surface area contributed by atoms with Gasteiger partial charge in [0.2, 0.25) is 0 Å². The second kappa shape index (κ2) is 5.50. The van der Waals surface area contributed by atoms with E-state index in [9.17, 15) is 8.42 Å². The monoisotopic (exact) mass is 295 g/mol. The highest BCUT2D eigenvalue weighted by molar-refractivity contribution is 7.98. The van der Waals surface area contributed by atoms with Crippen LogP contribution in [0, 0.1) is 0 Å². The summed E-state index contributed by atoms with van der Waals surface area (Å²) in [6, 6.07) is 8.54. The van der Waals surface area contributed by atoms with Crippen LogP contribution in [-0.4, -0.2) is 19.7 Å². The van der Waals surface area contributed by atoms with Gasteiger partial charge < -0.3 is 5.73 Å². The van der Waals surface area contributed by atoms with Crippen molar-refractivity contribution in [2.24, 2.45) is 0 Å². The van der Waals surface area contributed by atoms with Gasteiger partial charge in [-0.2, -0.15) is 0 Å². The van der Waals surface area contributed by atoms with Crippen molar-refractivity contribution in [3.8, 4) is 0 Å². The zero-order valence-electron chi connectivity index (χ0n) is 10.2. The highest BCUT2D eigenvalue weighted by atomic mass is 32.2. The lowest BCUT2D eigenvalue weighted by atomic mass is 10.3. The molecule has 0 atom stereocenters. The molecule has 19 heavy (non-hydrogen) atoms. The average Bonchev–Trinajstić information content (AvgIpc) is 2.39. The van der Waals surface area contributed by atoms with Crippen LogP contribution in [0.25, 0.3) is 0 Å². The van der Waals surface area contributed by atoms with E-state index >= 15 is 0 Å². The van der Waals surface area contributed by atoms with Crippen molar-refractivity contribution in [1.29, 1.82) is 0 Å². The molecule has 2 rings (SSSR count). The first-order valence-electron chi connectivity index (χ1n) is 5.39. The Labute approximate surface area is 116 Å². The molecule has 0 saturated carbocycles. The maximum absolute atomic E-state index is 12.1. The number of hydrogen-bond donors (Lipinski definition) is 2. The van der Waals surface area contributed by atoms with Crippen molar-refractivity contribution in [3.05, 3.63) is 42.7 Å². The Bertz CT molecular complexity index is 670. The van der Waals surface area contributed by atoms with Gasteiger partial charge in [-0.15, -0.1) is 11.8 Å². The predicted octanol–water partition coefficient (Wildman–Crippen LogP) is 2.19. The molecule has 3 N–H and O–H groups in total. The van der Waals surface area contributed by atoms with E-state index in [2.05, 4.69) is 9.71 Å². The first-order valence-corrected chi connectivity index (χ1v) is 8.10. The summed E-state index contributed by atoms with van der Waals surface area (Å²) in [5, 5.41) is 0. The maximum Gasteiger partial charge on any atom is 0.265 e. The number of thioether (sulfide) groups is 1. The number of nitrogens with two attached hydrogens (primary N) is 1. The van der Waals surface area contributed by atoms with Crippen molar-refractivity contribution in [1.82, 2.24) is 4.98 Å². The topological polar surface area (TPSA) is 85.1 Å². The zero-order valence-corrected chi connectivity index (χ0v) is 11.8. The number of nitrogens with zero attached hydrogens (tertiary/aromatic N) is 1. The number of pyridine rings is 1. The first-order chi connectivity index (χ1) is 9.03. The van der Waals surface area contributed by atoms with E-state index in [1.807, 2.05) is 18.4 Å². The van der Waals surface area contributed by atoms with Gasteiger partial charge in [0.15, 0.2) is 0 Å². The smallest absolute Gasteiger partial charge is 0.265 e. The lowest BCUT2D eigenvalue weighted by molar-refractivity contribution is 0.601. The maximum atomic E-state index is 12.1. The summed E-state index contributed by atoms with van der Waals surface area (Å²) in [5.74, 6) is 0. The summed E-state index contributed by atoms with van der Waals surface area (Å²) in [6.07, 6.45) is 4.63. The molecule has 0 aliphatic rings. The number of nitrogens with one attached hydrogen (secondary N) is 1. The minimum absolute atomic E-state index is 0.0241. The summed E-state index contributed by atoms with van der Waals surface area (Å²) in [4.78, 5) is 4.81. The van der Waals surface area contributed by atoms with Crippen LogP contribution >= 0.6 is 11.8 Å². The van der Waals surface area contributed by atoms with Gasteiger partial charge >= 0.3 is 0 Å². The van der Waals surface area contributed by atoms with E-state index in [0.717, 1.165) is 4.90 Å². The van der Waals surface area contributed by atoms with Crippen molar-refractivity contribution >= 4 is 33.2 Å². The van der Waals surface area contributed by atoms with E-state index < -0.39 is 10.0 Å². The van der Waals surface area contributed by atoms with Gasteiger partial charge in [0.25, 0.3) is 10.0 Å². The van der Waals surface area contributed by atoms with Crippen molar-refractivity contribution < 1.29 is 8.42 Å². The molecule has 0 aliphatic carbocycles. The molecule has 1 aromatic carbocycles. The Morgan fingerprint density at radius 2 is 1.89 bits per heavy atom. The fourth-order valence-electron chi connectivity index (χ4n) is 1.48. The van der Waals surface area contributed by atoms with Gasteiger partial charge in [-0.25, -0.2) is 8.42 Å². The molecule has 0 saturated heterocycles. The number of nitrogen functional groups attached to an aromatic ring is 1. The van der Waals surface area contributed by atoms with Crippen LogP contribution in [0.5, 0.6) is 0 Å². The van der Waals surface area contributed by atoms with E-state index in [0.29, 0.717) is 5.69 Å². The predicted molar refractivity (Wildman–Crippen MR) is 77.7 cm³/mol. The number of anilines is 2. The molecule has 0 radical (unpaired) electrons. The quantitative estimate of drug-likeness (QED) is 0.845. The van der Waals surface area contributed by atoms with E-state index in [1.165, 1.54) is 18.5 Å². The summed E-state index contributed by atoms with van der Waals surface area (Å²) in [7, 11) is -3.71. The molecule has 0 unspecified atom stereocenters. The van der Waals surface area contributed by atoms with E-state index in [1.54, 1.807) is 23.9 Å². The Morgan fingerprint density at radius 3 is 2.47 bits per heavy atom. The summed E-state index contributed by atoms with van der Waals surface area (Å²) in [5.41, 5.74) is 6.30. The van der Waals surface area contributed by atoms with Gasteiger partial charge in [-0.05, 0) is 36.6 Å². The summed E-state index contributed by atoms with van der Waals surface area (Å²) < 4.78 is 26.8. The fourth-order valence-corrected chi connectivity index (χ4v) is 3.03. The first kappa shape index (κ1) is 13.7. The van der Waals surface area contributed by atoms with Gasteiger partial charge in [0.1, 0.15) is 4.90 Å². The van der Waals surface area contributed by atoms with Crippen molar-refractivity contribution in [3.63, 3.8) is 0 Å². The molecular formula is C12H13N3O2S2. The second-order valence-electron chi connectivity index (χ2n) is 3.75. The molecule has 0 fully saturated rings. The third-order valence-electron chi connectivity index (χ3n) is 2.45. The van der Waals surface area contributed by atoms with Crippen LogP contribution in [0.4, 0.5) is 11.4 Å². The van der Waals surface area contributed by atoms with Crippen LogP contribution in [0.2, 0.25) is 0 Å². The fraction of sp³-hybridized carbons (Fsp3) is 0.0833. The SMILES string of the molecule is CSc1ccc(NS(=O)(=O)c2cnccc2N)cc1. The number of sulfonamides is 1. The minimum Gasteiger partial charge on any atom is -0.398 e. The average molecular weight is 295 g/mol. The van der Waals surface area contributed by atoms with Crippen LogP contribution in [0.15, 0.2) is 52.5 Å². The molecule has 0 spiro atoms. The zero-order chi connectivity index (χ0) is 13.9. The molecule has 5 nitrogen and oxygen atoms in total. The van der Waals surface area contributed by atoms with Gasteiger partial charge in [-0.1, -0.05) is 0 Å². The molecule has 0 amide bonds. The molecule has 0 aliphatic heterocycles. The third-order valence-corrected chi connectivity index (χ3v) is 4.62. The highest BCUT2D eigenvalue weighted by Gasteiger charge is 2.17. The largest absolute Gasteiger partial charge is 0.398 e. The Kier molecular flexibility index (Phi) is 3.96. The Morgan fingerprint density at radius 1 is 1.21 bits per heavy atom. The Balaban J connectivity index is 2.28. The van der Waals surface area contributed by atoms with Crippen LogP contribution < -0.4 is 10.5 Å². The van der Waals surface area contributed by atoms with Crippen LogP contribution in [-0.2, 0) is 10.0 Å². The molecule has 1 aromatic heterocycles. The molecule has 2 aromatic rings. The second-order valence-corrected chi connectivity index (χ2v) is 6.28.